The topological polar surface area (TPSA) is 53.3 Å². The number of hydrogen-bond acceptors (Lipinski definition) is 3. The summed E-state index contributed by atoms with van der Waals surface area (Å²) >= 11 is 5.75. The molecule has 0 aliphatic carbocycles. The van der Waals surface area contributed by atoms with Crippen LogP contribution < -0.4 is 10.2 Å². The Morgan fingerprint density at radius 3 is 2.45 bits per heavy atom. The Kier molecular flexibility index (Phi) is 4.92. The fourth-order valence-electron chi connectivity index (χ4n) is 4.16. The molecule has 0 unspecified atom stereocenters. The Bertz CT molecular complexity index is 1220. The van der Waals surface area contributed by atoms with Crippen molar-refractivity contribution in [3.05, 3.63) is 108 Å². The highest BCUT2D eigenvalue weighted by molar-refractivity contribution is 7.80. The molecular formula is C25H22N4OS. The Morgan fingerprint density at radius 2 is 1.71 bits per heavy atom. The Labute approximate surface area is 186 Å². The number of phenols is 1. The molecule has 31 heavy (non-hydrogen) atoms. The number of para-hydroxylation sites is 2. The molecule has 1 fully saturated rings. The van der Waals surface area contributed by atoms with Crippen molar-refractivity contribution in [2.45, 2.75) is 19.0 Å². The first-order valence-corrected chi connectivity index (χ1v) is 10.6. The number of aromatic nitrogens is 2. The third kappa shape index (κ3) is 3.45. The minimum atomic E-state index is -0.202. The van der Waals surface area contributed by atoms with Crippen LogP contribution in [0, 0.1) is 6.92 Å². The van der Waals surface area contributed by atoms with E-state index in [2.05, 4.69) is 58.3 Å². The van der Waals surface area contributed by atoms with E-state index in [-0.39, 0.29) is 17.8 Å². The van der Waals surface area contributed by atoms with Gasteiger partial charge in [-0.2, -0.15) is 0 Å². The van der Waals surface area contributed by atoms with Gasteiger partial charge in [-0.15, -0.1) is 0 Å². The fraction of sp³-hybridized carbons (Fsp3) is 0.120. The average molecular weight is 427 g/mol. The largest absolute Gasteiger partial charge is 0.506 e. The zero-order valence-electron chi connectivity index (χ0n) is 17.0. The minimum Gasteiger partial charge on any atom is -0.506 e. The molecule has 0 spiro atoms. The molecule has 5 nitrogen and oxygen atoms in total. The Morgan fingerprint density at radius 1 is 0.935 bits per heavy atom. The van der Waals surface area contributed by atoms with Crippen LogP contribution in [-0.2, 0) is 0 Å². The third-order valence-electron chi connectivity index (χ3n) is 5.63. The van der Waals surface area contributed by atoms with Crippen LogP contribution in [0.25, 0.3) is 5.69 Å². The van der Waals surface area contributed by atoms with E-state index in [0.29, 0.717) is 10.8 Å². The van der Waals surface area contributed by atoms with Crippen molar-refractivity contribution in [3.63, 3.8) is 0 Å². The van der Waals surface area contributed by atoms with Crippen LogP contribution in [0.2, 0.25) is 0 Å². The normalized spacial score (nSPS) is 18.2. The molecule has 2 N–H and O–H groups in total. The predicted octanol–water partition coefficient (Wildman–Crippen LogP) is 5.06. The maximum atomic E-state index is 10.6. The molecule has 4 aromatic rings. The van der Waals surface area contributed by atoms with Gasteiger partial charge in [0.15, 0.2) is 5.11 Å². The number of nitrogens with zero attached hydrogens (tertiary/aromatic N) is 3. The molecule has 2 aromatic carbocycles. The van der Waals surface area contributed by atoms with Crippen molar-refractivity contribution >= 4 is 23.0 Å². The molecule has 0 radical (unpaired) electrons. The summed E-state index contributed by atoms with van der Waals surface area (Å²) < 4.78 is 2.17. The van der Waals surface area contributed by atoms with E-state index in [0.717, 1.165) is 17.1 Å². The van der Waals surface area contributed by atoms with Gasteiger partial charge in [-0.3, -0.25) is 4.98 Å². The smallest absolute Gasteiger partial charge is 0.174 e. The van der Waals surface area contributed by atoms with Crippen molar-refractivity contribution in [2.24, 2.45) is 0 Å². The molecule has 1 aliphatic rings. The maximum absolute atomic E-state index is 10.6. The van der Waals surface area contributed by atoms with Gasteiger partial charge < -0.3 is 19.9 Å². The molecule has 5 rings (SSSR count). The van der Waals surface area contributed by atoms with E-state index in [1.807, 2.05) is 47.4 Å². The Hall–Kier alpha value is -3.64. The van der Waals surface area contributed by atoms with Gasteiger partial charge in [-0.05, 0) is 67.7 Å². The molecule has 3 heterocycles. The number of anilines is 1. The van der Waals surface area contributed by atoms with Gasteiger partial charge in [-0.25, -0.2) is 0 Å². The van der Waals surface area contributed by atoms with E-state index in [1.54, 1.807) is 12.3 Å². The number of thiocarbonyl (C=S) groups is 1. The second-order valence-corrected chi connectivity index (χ2v) is 8.01. The van der Waals surface area contributed by atoms with E-state index < -0.39 is 0 Å². The van der Waals surface area contributed by atoms with E-state index in [9.17, 15) is 5.11 Å². The monoisotopic (exact) mass is 426 g/mol. The van der Waals surface area contributed by atoms with Crippen LogP contribution in [-0.4, -0.2) is 19.8 Å². The summed E-state index contributed by atoms with van der Waals surface area (Å²) in [6, 6.07) is 25.4. The van der Waals surface area contributed by atoms with E-state index in [1.165, 1.54) is 5.56 Å². The number of aromatic hydroxyl groups is 1. The number of benzene rings is 2. The molecule has 1 aliphatic heterocycles. The average Bonchev–Trinajstić information content (AvgIpc) is 3.40. The van der Waals surface area contributed by atoms with Gasteiger partial charge in [-0.1, -0.05) is 35.9 Å². The lowest BCUT2D eigenvalue weighted by Crippen LogP contribution is -2.30. The Balaban J connectivity index is 1.68. The first-order valence-electron chi connectivity index (χ1n) is 10.2. The lowest BCUT2D eigenvalue weighted by Gasteiger charge is -2.29. The number of nitrogens with one attached hydrogen (secondary N) is 1. The molecule has 154 valence electrons. The number of aryl methyl sites for hydroxylation is 1. The highest BCUT2D eigenvalue weighted by atomic mass is 32.1. The summed E-state index contributed by atoms with van der Waals surface area (Å²) in [7, 11) is 0. The molecule has 2 atom stereocenters. The number of rotatable bonds is 4. The predicted molar refractivity (Wildman–Crippen MR) is 127 cm³/mol. The highest BCUT2D eigenvalue weighted by Gasteiger charge is 2.42. The summed E-state index contributed by atoms with van der Waals surface area (Å²) in [5, 5.41) is 14.6. The second-order valence-electron chi connectivity index (χ2n) is 7.62. The third-order valence-corrected chi connectivity index (χ3v) is 5.95. The van der Waals surface area contributed by atoms with Crippen molar-refractivity contribution in [2.75, 3.05) is 4.90 Å². The van der Waals surface area contributed by atoms with E-state index >= 15 is 0 Å². The van der Waals surface area contributed by atoms with Crippen molar-refractivity contribution in [3.8, 4) is 11.4 Å². The second kappa shape index (κ2) is 7.89. The molecule has 6 heteroatoms. The zero-order valence-corrected chi connectivity index (χ0v) is 17.8. The van der Waals surface area contributed by atoms with Crippen molar-refractivity contribution < 1.29 is 5.11 Å². The van der Waals surface area contributed by atoms with Crippen LogP contribution in [0.5, 0.6) is 5.75 Å². The van der Waals surface area contributed by atoms with Gasteiger partial charge >= 0.3 is 0 Å². The first kappa shape index (κ1) is 19.3. The molecule has 0 amide bonds. The van der Waals surface area contributed by atoms with Crippen LogP contribution in [0.4, 0.5) is 5.69 Å². The van der Waals surface area contributed by atoms with Gasteiger partial charge in [0.25, 0.3) is 0 Å². The molecular weight excluding hydrogens is 404 g/mol. The van der Waals surface area contributed by atoms with E-state index in [4.69, 9.17) is 12.2 Å². The number of phenolic OH excluding ortho intramolecular Hbond substituents is 1. The van der Waals surface area contributed by atoms with Crippen LogP contribution in [0.15, 0.2) is 91.3 Å². The SMILES string of the molecule is Cc1ccc(-n2cccc2[C@@H]2[C@H](c3ccccn3)NC(=S)N2c2ccccc2O)cc1. The zero-order chi connectivity index (χ0) is 21.4. The molecule has 0 bridgehead atoms. The minimum absolute atomic E-state index is 0.174. The summed E-state index contributed by atoms with van der Waals surface area (Å²) in [6.45, 7) is 2.08. The van der Waals surface area contributed by atoms with Crippen molar-refractivity contribution in [1.82, 2.24) is 14.9 Å². The molecule has 1 saturated heterocycles. The van der Waals surface area contributed by atoms with Crippen LogP contribution in [0.1, 0.15) is 29.0 Å². The lowest BCUT2D eigenvalue weighted by atomic mass is 10.0. The van der Waals surface area contributed by atoms with Gasteiger partial charge in [0.1, 0.15) is 11.8 Å². The van der Waals surface area contributed by atoms with Crippen LogP contribution in [0.3, 0.4) is 0 Å². The lowest BCUT2D eigenvalue weighted by molar-refractivity contribution is 0.472. The number of pyridine rings is 1. The molecule has 2 aromatic heterocycles. The van der Waals surface area contributed by atoms with Crippen LogP contribution >= 0.6 is 12.2 Å². The van der Waals surface area contributed by atoms with Crippen molar-refractivity contribution in [1.29, 1.82) is 0 Å². The first-order chi connectivity index (χ1) is 15.1. The quantitative estimate of drug-likeness (QED) is 0.447. The number of hydrogen-bond donors (Lipinski definition) is 2. The maximum Gasteiger partial charge on any atom is 0.174 e. The summed E-state index contributed by atoms with van der Waals surface area (Å²) in [6.07, 6.45) is 3.85. The van der Waals surface area contributed by atoms with Gasteiger partial charge in [0, 0.05) is 23.8 Å². The standard InChI is InChI=1S/C25H22N4OS/c1-17-11-13-18(14-12-17)28-16-6-9-21(28)24-23(19-7-4-5-15-26-19)27-25(31)29(24)20-8-2-3-10-22(20)30/h2-16,23-24,30H,1H3,(H,27,31)/t23-,24+/m0/s1. The highest BCUT2D eigenvalue weighted by Crippen LogP contribution is 2.44. The molecule has 0 saturated carbocycles. The summed E-state index contributed by atoms with van der Waals surface area (Å²) in [5.74, 6) is 0.187. The summed E-state index contributed by atoms with van der Waals surface area (Å²) in [5.41, 5.74) is 4.89. The fourth-order valence-corrected chi connectivity index (χ4v) is 4.50. The summed E-state index contributed by atoms with van der Waals surface area (Å²) in [4.78, 5) is 6.59. The van der Waals surface area contributed by atoms with Gasteiger partial charge in [0.2, 0.25) is 0 Å². The van der Waals surface area contributed by atoms with Gasteiger partial charge in [0.05, 0.1) is 17.4 Å².